The molecule has 0 amide bonds. The van der Waals surface area contributed by atoms with E-state index in [1.54, 1.807) is 0 Å². The normalized spacial score (nSPS) is 11.0. The Morgan fingerprint density at radius 1 is 0.875 bits per heavy atom. The first-order valence-corrected chi connectivity index (χ1v) is 9.96. The van der Waals surface area contributed by atoms with Gasteiger partial charge in [0.15, 0.2) is 0 Å². The predicted molar refractivity (Wildman–Crippen MR) is 106 cm³/mol. The molecular formula is C21H31NOS. The number of hydrogen-bond acceptors (Lipinski definition) is 2. The maximum Gasteiger partial charge on any atom is 0.121 e. The number of ether oxygens (including phenoxy) is 1. The lowest BCUT2D eigenvalue weighted by molar-refractivity contribution is 0.304. The topological polar surface area (TPSA) is 25.0 Å². The van der Waals surface area contributed by atoms with E-state index in [1.165, 1.54) is 57.8 Å². The zero-order valence-electron chi connectivity index (χ0n) is 15.0. The minimum absolute atomic E-state index is 0.801. The molecule has 0 saturated carbocycles. The van der Waals surface area contributed by atoms with Gasteiger partial charge in [-0.3, -0.25) is 0 Å². The molecule has 132 valence electrons. The van der Waals surface area contributed by atoms with E-state index in [2.05, 4.69) is 11.9 Å². The fraction of sp³-hybridized carbons (Fsp3) is 0.571. The third kappa shape index (κ3) is 6.64. The summed E-state index contributed by atoms with van der Waals surface area (Å²) in [6.07, 6.45) is 15.4. The SMILES string of the molecule is CCCCCCCCCCCCOc1ccc2c(=S)cc[nH]c2c1. The van der Waals surface area contributed by atoms with Gasteiger partial charge in [-0.15, -0.1) is 0 Å². The Morgan fingerprint density at radius 2 is 1.54 bits per heavy atom. The second-order valence-corrected chi connectivity index (χ2v) is 7.02. The molecule has 0 fully saturated rings. The minimum Gasteiger partial charge on any atom is -0.494 e. The number of aromatic nitrogens is 1. The van der Waals surface area contributed by atoms with Crippen LogP contribution in [0.2, 0.25) is 0 Å². The van der Waals surface area contributed by atoms with Gasteiger partial charge < -0.3 is 9.72 Å². The van der Waals surface area contributed by atoms with E-state index in [0.29, 0.717) is 0 Å². The van der Waals surface area contributed by atoms with Crippen LogP contribution in [-0.4, -0.2) is 11.6 Å². The number of unbranched alkanes of at least 4 members (excludes halogenated alkanes) is 9. The number of pyridine rings is 1. The molecule has 2 nitrogen and oxygen atoms in total. The number of hydrogen-bond donors (Lipinski definition) is 1. The van der Waals surface area contributed by atoms with Crippen molar-refractivity contribution in [3.63, 3.8) is 0 Å². The lowest BCUT2D eigenvalue weighted by Crippen LogP contribution is -1.97. The Labute approximate surface area is 151 Å². The maximum absolute atomic E-state index is 5.87. The van der Waals surface area contributed by atoms with Gasteiger partial charge in [-0.1, -0.05) is 76.9 Å². The molecule has 1 N–H and O–H groups in total. The zero-order valence-corrected chi connectivity index (χ0v) is 15.8. The van der Waals surface area contributed by atoms with Crippen molar-refractivity contribution in [3.05, 3.63) is 35.0 Å². The van der Waals surface area contributed by atoms with Crippen molar-refractivity contribution in [2.75, 3.05) is 6.61 Å². The van der Waals surface area contributed by atoms with Crippen LogP contribution < -0.4 is 4.74 Å². The summed E-state index contributed by atoms with van der Waals surface area (Å²) in [5.41, 5.74) is 1.04. The minimum atomic E-state index is 0.801. The summed E-state index contributed by atoms with van der Waals surface area (Å²) in [6, 6.07) is 8.02. The summed E-state index contributed by atoms with van der Waals surface area (Å²) >= 11 is 5.32. The first-order valence-electron chi connectivity index (χ1n) is 9.55. The monoisotopic (exact) mass is 345 g/mol. The van der Waals surface area contributed by atoms with Gasteiger partial charge in [-0.25, -0.2) is 0 Å². The number of aromatic amines is 1. The van der Waals surface area contributed by atoms with Crippen LogP contribution in [0.25, 0.3) is 10.9 Å². The van der Waals surface area contributed by atoms with Crippen LogP contribution in [-0.2, 0) is 0 Å². The molecule has 0 aliphatic rings. The molecule has 2 rings (SSSR count). The molecule has 1 heterocycles. The van der Waals surface area contributed by atoms with Crippen LogP contribution in [0.15, 0.2) is 30.5 Å². The van der Waals surface area contributed by atoms with Crippen molar-refractivity contribution in [1.29, 1.82) is 0 Å². The van der Waals surface area contributed by atoms with Crippen molar-refractivity contribution in [3.8, 4) is 5.75 Å². The number of rotatable bonds is 12. The molecule has 0 saturated heterocycles. The fourth-order valence-electron chi connectivity index (χ4n) is 3.02. The molecule has 1 aromatic carbocycles. The standard InChI is InChI=1S/C21H31NOS/c1-2-3-4-5-6-7-8-9-10-11-16-23-18-12-13-19-20(17-18)22-15-14-21(19)24/h12-15,17H,2-11,16H2,1H3,(H,22,24). The van der Waals surface area contributed by atoms with Crippen LogP contribution >= 0.6 is 12.2 Å². The van der Waals surface area contributed by atoms with E-state index in [-0.39, 0.29) is 0 Å². The van der Waals surface area contributed by atoms with Crippen LogP contribution in [0.1, 0.15) is 71.1 Å². The highest BCUT2D eigenvalue weighted by Gasteiger charge is 1.99. The maximum atomic E-state index is 5.87. The van der Waals surface area contributed by atoms with Crippen molar-refractivity contribution in [2.45, 2.75) is 71.1 Å². The van der Waals surface area contributed by atoms with Crippen molar-refractivity contribution in [1.82, 2.24) is 4.98 Å². The van der Waals surface area contributed by atoms with Gasteiger partial charge in [0.25, 0.3) is 0 Å². The smallest absolute Gasteiger partial charge is 0.121 e. The number of benzene rings is 1. The van der Waals surface area contributed by atoms with Crippen molar-refractivity contribution >= 4 is 23.1 Å². The quantitative estimate of drug-likeness (QED) is 0.325. The Bertz CT molecular complexity index is 650. The largest absolute Gasteiger partial charge is 0.494 e. The second-order valence-electron chi connectivity index (χ2n) is 6.58. The molecule has 1 aromatic heterocycles. The third-order valence-corrected chi connectivity index (χ3v) is 4.85. The molecule has 0 radical (unpaired) electrons. The molecule has 0 aliphatic carbocycles. The third-order valence-electron chi connectivity index (χ3n) is 4.50. The Kier molecular flexibility index (Phi) is 8.90. The molecule has 3 heteroatoms. The number of nitrogens with one attached hydrogen (secondary N) is 1. The van der Waals surface area contributed by atoms with E-state index >= 15 is 0 Å². The molecule has 0 unspecified atom stereocenters. The van der Waals surface area contributed by atoms with E-state index in [0.717, 1.165) is 34.2 Å². The molecular weight excluding hydrogens is 314 g/mol. The van der Waals surface area contributed by atoms with Crippen LogP contribution in [0.3, 0.4) is 0 Å². The summed E-state index contributed by atoms with van der Waals surface area (Å²) in [5.74, 6) is 0.926. The van der Waals surface area contributed by atoms with Crippen LogP contribution in [0.4, 0.5) is 0 Å². The van der Waals surface area contributed by atoms with Gasteiger partial charge in [0.05, 0.1) is 12.1 Å². The van der Waals surface area contributed by atoms with E-state index < -0.39 is 0 Å². The predicted octanol–water partition coefficient (Wildman–Crippen LogP) is 7.20. The van der Waals surface area contributed by atoms with E-state index in [9.17, 15) is 0 Å². The van der Waals surface area contributed by atoms with Crippen LogP contribution in [0, 0.1) is 4.51 Å². The van der Waals surface area contributed by atoms with Crippen LogP contribution in [0.5, 0.6) is 5.75 Å². The van der Waals surface area contributed by atoms with Gasteiger partial charge >= 0.3 is 0 Å². The zero-order chi connectivity index (χ0) is 17.0. The molecule has 0 bridgehead atoms. The first kappa shape index (κ1) is 19.0. The van der Waals surface area contributed by atoms with Crippen molar-refractivity contribution < 1.29 is 4.74 Å². The Balaban J connectivity index is 1.56. The highest BCUT2D eigenvalue weighted by atomic mass is 32.1. The van der Waals surface area contributed by atoms with E-state index in [1.807, 2.05) is 30.5 Å². The molecule has 0 spiro atoms. The molecule has 0 aliphatic heterocycles. The highest BCUT2D eigenvalue weighted by molar-refractivity contribution is 7.71. The van der Waals surface area contributed by atoms with Gasteiger partial charge in [0.1, 0.15) is 5.75 Å². The van der Waals surface area contributed by atoms with Gasteiger partial charge in [-0.2, -0.15) is 0 Å². The van der Waals surface area contributed by atoms with E-state index in [4.69, 9.17) is 17.0 Å². The fourth-order valence-corrected chi connectivity index (χ4v) is 3.27. The summed E-state index contributed by atoms with van der Waals surface area (Å²) in [6.45, 7) is 3.07. The summed E-state index contributed by atoms with van der Waals surface area (Å²) < 4.78 is 6.75. The number of H-pyrrole nitrogens is 1. The van der Waals surface area contributed by atoms with Gasteiger partial charge in [0, 0.05) is 22.2 Å². The van der Waals surface area contributed by atoms with Crippen molar-refractivity contribution in [2.24, 2.45) is 0 Å². The van der Waals surface area contributed by atoms with Gasteiger partial charge in [0.2, 0.25) is 0 Å². The lowest BCUT2D eigenvalue weighted by atomic mass is 10.1. The number of fused-ring (bicyclic) bond motifs is 1. The average molecular weight is 346 g/mol. The second kappa shape index (κ2) is 11.2. The summed E-state index contributed by atoms with van der Waals surface area (Å²) in [7, 11) is 0. The van der Waals surface area contributed by atoms with Gasteiger partial charge in [-0.05, 0) is 24.6 Å². The Hall–Kier alpha value is -1.35. The average Bonchev–Trinajstić information content (AvgIpc) is 2.60. The molecule has 2 aromatic rings. The molecule has 24 heavy (non-hydrogen) atoms. The Morgan fingerprint density at radius 3 is 2.25 bits per heavy atom. The molecule has 0 atom stereocenters. The lowest BCUT2D eigenvalue weighted by Gasteiger charge is -2.07. The highest BCUT2D eigenvalue weighted by Crippen LogP contribution is 2.20. The first-order chi connectivity index (χ1) is 11.8. The summed E-state index contributed by atoms with van der Waals surface area (Å²) in [4.78, 5) is 3.23. The summed E-state index contributed by atoms with van der Waals surface area (Å²) in [5, 5.41) is 1.08.